The number of rotatable bonds is 7. The van der Waals surface area contributed by atoms with Gasteiger partial charge in [-0.25, -0.2) is 0 Å². The van der Waals surface area contributed by atoms with E-state index >= 15 is 0 Å². The summed E-state index contributed by atoms with van der Waals surface area (Å²) in [6.45, 7) is 6.44. The van der Waals surface area contributed by atoms with Crippen molar-refractivity contribution in [1.29, 1.82) is 0 Å². The SMILES string of the molecule is CCCC1CC(CNCC)(c2cc(Cl)ccc2OC)C1. The molecule has 1 aromatic rings. The molecule has 1 N–H and O–H groups in total. The minimum atomic E-state index is 0.200. The molecule has 2 rings (SSSR count). The number of hydrogen-bond acceptors (Lipinski definition) is 2. The molecule has 0 aliphatic heterocycles. The fourth-order valence-electron chi connectivity index (χ4n) is 3.58. The van der Waals surface area contributed by atoms with Gasteiger partial charge in [0.05, 0.1) is 7.11 Å². The first-order chi connectivity index (χ1) is 9.65. The average Bonchev–Trinajstić information content (AvgIpc) is 2.41. The molecule has 0 radical (unpaired) electrons. The molecule has 1 saturated carbocycles. The highest BCUT2D eigenvalue weighted by Crippen LogP contribution is 2.52. The lowest BCUT2D eigenvalue weighted by Gasteiger charge is -2.49. The fraction of sp³-hybridized carbons (Fsp3) is 0.647. The van der Waals surface area contributed by atoms with Gasteiger partial charge in [0.25, 0.3) is 0 Å². The zero-order valence-electron chi connectivity index (χ0n) is 12.8. The lowest BCUT2D eigenvalue weighted by molar-refractivity contribution is 0.126. The summed E-state index contributed by atoms with van der Waals surface area (Å²) in [5, 5.41) is 4.33. The Labute approximate surface area is 127 Å². The van der Waals surface area contributed by atoms with E-state index in [2.05, 4.69) is 25.2 Å². The molecular formula is C17H26ClNO. The highest BCUT2D eigenvalue weighted by Gasteiger charge is 2.46. The molecule has 0 heterocycles. The predicted molar refractivity (Wildman–Crippen MR) is 85.9 cm³/mol. The van der Waals surface area contributed by atoms with Crippen LogP contribution in [-0.2, 0) is 5.41 Å². The molecule has 0 spiro atoms. The minimum Gasteiger partial charge on any atom is -0.496 e. The smallest absolute Gasteiger partial charge is 0.122 e. The topological polar surface area (TPSA) is 21.3 Å². The van der Waals surface area contributed by atoms with Crippen LogP contribution in [-0.4, -0.2) is 20.2 Å². The summed E-state index contributed by atoms with van der Waals surface area (Å²) < 4.78 is 5.57. The van der Waals surface area contributed by atoms with Gasteiger partial charge in [-0.2, -0.15) is 0 Å². The van der Waals surface area contributed by atoms with Gasteiger partial charge in [-0.1, -0.05) is 38.3 Å². The van der Waals surface area contributed by atoms with Gasteiger partial charge < -0.3 is 10.1 Å². The average molecular weight is 296 g/mol. The lowest BCUT2D eigenvalue weighted by atomic mass is 9.57. The lowest BCUT2D eigenvalue weighted by Crippen LogP contribution is -2.48. The van der Waals surface area contributed by atoms with Gasteiger partial charge in [0.1, 0.15) is 5.75 Å². The summed E-state index contributed by atoms with van der Waals surface area (Å²) in [7, 11) is 1.75. The van der Waals surface area contributed by atoms with Crippen LogP contribution in [0.2, 0.25) is 5.02 Å². The van der Waals surface area contributed by atoms with Crippen LogP contribution in [0.4, 0.5) is 0 Å². The maximum absolute atomic E-state index is 6.22. The fourth-order valence-corrected chi connectivity index (χ4v) is 3.75. The molecule has 0 bridgehead atoms. The number of benzene rings is 1. The van der Waals surface area contributed by atoms with Gasteiger partial charge in [-0.15, -0.1) is 0 Å². The van der Waals surface area contributed by atoms with E-state index in [0.717, 1.165) is 29.8 Å². The predicted octanol–water partition coefficient (Wildman–Crippen LogP) is 4.41. The molecule has 0 atom stereocenters. The Kier molecular flexibility index (Phi) is 5.34. The molecule has 0 saturated heterocycles. The van der Waals surface area contributed by atoms with Gasteiger partial charge in [-0.05, 0) is 43.5 Å². The van der Waals surface area contributed by atoms with Crippen molar-refractivity contribution in [3.8, 4) is 5.75 Å². The Morgan fingerprint density at radius 1 is 1.35 bits per heavy atom. The molecule has 0 aromatic heterocycles. The molecular weight excluding hydrogens is 270 g/mol. The van der Waals surface area contributed by atoms with E-state index in [1.807, 2.05) is 12.1 Å². The summed E-state index contributed by atoms with van der Waals surface area (Å²) >= 11 is 6.22. The van der Waals surface area contributed by atoms with Crippen LogP contribution in [0, 0.1) is 5.92 Å². The van der Waals surface area contributed by atoms with Crippen molar-refractivity contribution in [3.63, 3.8) is 0 Å². The molecule has 0 unspecified atom stereocenters. The standard InChI is InChI=1S/C17H26ClNO/c1-4-6-13-10-17(11-13,12-19-5-2)15-9-14(18)7-8-16(15)20-3/h7-9,13,19H,4-6,10-12H2,1-3H3. The monoisotopic (exact) mass is 295 g/mol. The first-order valence-electron chi connectivity index (χ1n) is 7.70. The van der Waals surface area contributed by atoms with Crippen molar-refractivity contribution < 1.29 is 4.74 Å². The van der Waals surface area contributed by atoms with Gasteiger partial charge in [-0.3, -0.25) is 0 Å². The van der Waals surface area contributed by atoms with E-state index in [9.17, 15) is 0 Å². The van der Waals surface area contributed by atoms with Crippen LogP contribution in [0.3, 0.4) is 0 Å². The van der Waals surface area contributed by atoms with Crippen molar-refractivity contribution in [3.05, 3.63) is 28.8 Å². The van der Waals surface area contributed by atoms with E-state index in [4.69, 9.17) is 16.3 Å². The molecule has 1 aliphatic rings. The molecule has 3 heteroatoms. The summed E-state index contributed by atoms with van der Waals surface area (Å²) in [6.07, 6.45) is 5.08. The second-order valence-electron chi connectivity index (χ2n) is 5.97. The van der Waals surface area contributed by atoms with Crippen molar-refractivity contribution in [2.24, 2.45) is 5.92 Å². The summed E-state index contributed by atoms with van der Waals surface area (Å²) in [5.74, 6) is 1.82. The van der Waals surface area contributed by atoms with Crippen molar-refractivity contribution in [1.82, 2.24) is 5.32 Å². The van der Waals surface area contributed by atoms with E-state index in [0.29, 0.717) is 0 Å². The normalized spacial score (nSPS) is 25.3. The van der Waals surface area contributed by atoms with Crippen LogP contribution in [0.25, 0.3) is 0 Å². The first-order valence-corrected chi connectivity index (χ1v) is 8.07. The number of halogens is 1. The van der Waals surface area contributed by atoms with Crippen LogP contribution < -0.4 is 10.1 Å². The van der Waals surface area contributed by atoms with Gasteiger partial charge >= 0.3 is 0 Å². The number of nitrogens with one attached hydrogen (secondary N) is 1. The Hall–Kier alpha value is -0.730. The van der Waals surface area contributed by atoms with Gasteiger partial charge in [0.15, 0.2) is 0 Å². The largest absolute Gasteiger partial charge is 0.496 e. The van der Waals surface area contributed by atoms with Crippen molar-refractivity contribution in [2.75, 3.05) is 20.2 Å². The zero-order chi connectivity index (χ0) is 14.6. The summed E-state index contributed by atoms with van der Waals surface area (Å²) in [6, 6.07) is 6.01. The molecule has 20 heavy (non-hydrogen) atoms. The third-order valence-corrected chi connectivity index (χ3v) is 4.74. The van der Waals surface area contributed by atoms with Crippen LogP contribution >= 0.6 is 11.6 Å². The maximum Gasteiger partial charge on any atom is 0.122 e. The van der Waals surface area contributed by atoms with E-state index in [-0.39, 0.29) is 5.41 Å². The molecule has 1 aromatic carbocycles. The van der Waals surface area contributed by atoms with Crippen LogP contribution in [0.5, 0.6) is 5.75 Å². The molecule has 2 nitrogen and oxygen atoms in total. The second-order valence-corrected chi connectivity index (χ2v) is 6.40. The molecule has 112 valence electrons. The van der Waals surface area contributed by atoms with Crippen LogP contribution in [0.1, 0.15) is 45.1 Å². The molecule has 0 amide bonds. The van der Waals surface area contributed by atoms with Gasteiger partial charge in [0.2, 0.25) is 0 Å². The van der Waals surface area contributed by atoms with E-state index < -0.39 is 0 Å². The first kappa shape index (κ1) is 15.7. The minimum absolute atomic E-state index is 0.200. The third kappa shape index (κ3) is 3.12. The number of likely N-dealkylation sites (N-methyl/N-ethyl adjacent to an activating group) is 1. The molecule has 1 fully saturated rings. The zero-order valence-corrected chi connectivity index (χ0v) is 13.6. The Balaban J connectivity index is 2.26. The van der Waals surface area contributed by atoms with Crippen LogP contribution in [0.15, 0.2) is 18.2 Å². The maximum atomic E-state index is 6.22. The summed E-state index contributed by atoms with van der Waals surface area (Å²) in [4.78, 5) is 0. The quantitative estimate of drug-likeness (QED) is 0.805. The van der Waals surface area contributed by atoms with E-state index in [1.54, 1.807) is 7.11 Å². The molecule has 1 aliphatic carbocycles. The van der Waals surface area contributed by atoms with Gasteiger partial charge in [0, 0.05) is 22.5 Å². The third-order valence-electron chi connectivity index (χ3n) is 4.50. The van der Waals surface area contributed by atoms with Crippen molar-refractivity contribution >= 4 is 11.6 Å². The number of hydrogen-bond donors (Lipinski definition) is 1. The number of methoxy groups -OCH3 is 1. The Morgan fingerprint density at radius 3 is 2.70 bits per heavy atom. The van der Waals surface area contributed by atoms with E-state index in [1.165, 1.54) is 31.2 Å². The number of ether oxygens (including phenoxy) is 1. The Bertz CT molecular complexity index is 441. The second kappa shape index (κ2) is 6.82. The highest BCUT2D eigenvalue weighted by molar-refractivity contribution is 6.30. The summed E-state index contributed by atoms with van der Waals surface area (Å²) in [5.41, 5.74) is 1.48. The highest BCUT2D eigenvalue weighted by atomic mass is 35.5. The van der Waals surface area contributed by atoms with Crippen molar-refractivity contribution in [2.45, 2.75) is 44.9 Å². The Morgan fingerprint density at radius 2 is 2.10 bits per heavy atom.